The first kappa shape index (κ1) is 13.9. The van der Waals surface area contributed by atoms with Crippen molar-refractivity contribution < 1.29 is 18.3 Å². The van der Waals surface area contributed by atoms with E-state index in [0.717, 1.165) is 0 Å². The van der Waals surface area contributed by atoms with Gasteiger partial charge < -0.3 is 5.11 Å². The zero-order chi connectivity index (χ0) is 12.9. The third-order valence-corrected chi connectivity index (χ3v) is 2.23. The molecule has 0 aromatic carbocycles. The van der Waals surface area contributed by atoms with E-state index in [4.69, 9.17) is 5.11 Å². The van der Waals surface area contributed by atoms with E-state index >= 15 is 0 Å². The molecule has 5 nitrogen and oxygen atoms in total. The van der Waals surface area contributed by atoms with Crippen LogP contribution in [0.25, 0.3) is 0 Å². The Labute approximate surface area is 96.8 Å². The zero-order valence-electron chi connectivity index (χ0n) is 9.48. The third kappa shape index (κ3) is 5.14. The van der Waals surface area contributed by atoms with Crippen molar-refractivity contribution in [3.63, 3.8) is 0 Å². The second-order valence-electron chi connectivity index (χ2n) is 3.75. The number of rotatable bonds is 6. The molecule has 0 aliphatic carbocycles. The Kier molecular flexibility index (Phi) is 4.88. The van der Waals surface area contributed by atoms with Crippen LogP contribution in [0.5, 0.6) is 0 Å². The van der Waals surface area contributed by atoms with Crippen LogP contribution in [0.4, 0.5) is 13.2 Å². The number of nitrogens with zero attached hydrogens (tertiary/aromatic N) is 4. The van der Waals surface area contributed by atoms with Crippen molar-refractivity contribution >= 4 is 0 Å². The standard InChI is InChI=1S/C9H15F3N4O/c1-15-8(5-13-14-15)6-16(3-2-4-17)7-9(10,11)12/h5,17H,2-4,6-7H2,1H3. The Hall–Kier alpha value is -1.15. The molecule has 0 unspecified atom stereocenters. The molecule has 0 bridgehead atoms. The van der Waals surface area contributed by atoms with Gasteiger partial charge in [0.1, 0.15) is 0 Å². The quantitative estimate of drug-likeness (QED) is 0.804. The predicted molar refractivity (Wildman–Crippen MR) is 54.0 cm³/mol. The fourth-order valence-electron chi connectivity index (χ4n) is 1.45. The molecule has 8 heteroatoms. The molecule has 98 valence electrons. The molecule has 17 heavy (non-hydrogen) atoms. The molecule has 1 aromatic heterocycles. The summed E-state index contributed by atoms with van der Waals surface area (Å²) in [6, 6.07) is 0. The molecule has 0 atom stereocenters. The fourth-order valence-corrected chi connectivity index (χ4v) is 1.45. The molecule has 0 saturated carbocycles. The highest BCUT2D eigenvalue weighted by Gasteiger charge is 2.30. The largest absolute Gasteiger partial charge is 0.401 e. The first-order chi connectivity index (χ1) is 7.92. The molecule has 0 aliphatic heterocycles. The summed E-state index contributed by atoms with van der Waals surface area (Å²) in [6.07, 6.45) is -2.51. The number of aliphatic hydroxyl groups excluding tert-OH is 1. The van der Waals surface area contributed by atoms with Crippen molar-refractivity contribution in [3.05, 3.63) is 11.9 Å². The highest BCUT2D eigenvalue weighted by atomic mass is 19.4. The Balaban J connectivity index is 2.60. The van der Waals surface area contributed by atoms with E-state index < -0.39 is 12.7 Å². The average Bonchev–Trinajstić information content (AvgIpc) is 2.59. The van der Waals surface area contributed by atoms with Crippen molar-refractivity contribution in [1.29, 1.82) is 0 Å². The number of hydrogen-bond donors (Lipinski definition) is 1. The van der Waals surface area contributed by atoms with E-state index in [-0.39, 0.29) is 19.7 Å². The Bertz CT molecular complexity index is 339. The van der Waals surface area contributed by atoms with Crippen molar-refractivity contribution in [2.75, 3.05) is 19.7 Å². The molecule has 1 heterocycles. The van der Waals surface area contributed by atoms with Gasteiger partial charge in [0.05, 0.1) is 18.4 Å². The number of halogens is 3. The van der Waals surface area contributed by atoms with E-state index in [1.54, 1.807) is 7.05 Å². The van der Waals surface area contributed by atoms with Crippen LogP contribution < -0.4 is 0 Å². The summed E-state index contributed by atoms with van der Waals surface area (Å²) in [4.78, 5) is 1.22. The Morgan fingerprint density at radius 3 is 2.65 bits per heavy atom. The maximum atomic E-state index is 12.3. The molecule has 1 N–H and O–H groups in total. The lowest BCUT2D eigenvalue weighted by molar-refractivity contribution is -0.147. The van der Waals surface area contributed by atoms with Crippen LogP contribution in [-0.4, -0.2) is 50.9 Å². The number of alkyl halides is 3. The van der Waals surface area contributed by atoms with Gasteiger partial charge in [-0.25, -0.2) is 0 Å². The molecule has 1 rings (SSSR count). The van der Waals surface area contributed by atoms with E-state index in [1.807, 2.05) is 0 Å². The van der Waals surface area contributed by atoms with E-state index in [0.29, 0.717) is 12.1 Å². The van der Waals surface area contributed by atoms with Gasteiger partial charge in [-0.2, -0.15) is 13.2 Å². The topological polar surface area (TPSA) is 54.2 Å². The SMILES string of the molecule is Cn1nncc1CN(CCCO)CC(F)(F)F. The summed E-state index contributed by atoms with van der Waals surface area (Å²) in [5.41, 5.74) is 0.604. The first-order valence-electron chi connectivity index (χ1n) is 5.16. The number of aliphatic hydroxyl groups is 1. The lowest BCUT2D eigenvalue weighted by Gasteiger charge is -2.22. The van der Waals surface area contributed by atoms with Gasteiger partial charge in [-0.3, -0.25) is 9.58 Å². The minimum absolute atomic E-state index is 0.114. The fraction of sp³-hybridized carbons (Fsp3) is 0.778. The van der Waals surface area contributed by atoms with Crippen molar-refractivity contribution in [2.45, 2.75) is 19.1 Å². The summed E-state index contributed by atoms with van der Waals surface area (Å²) in [7, 11) is 1.63. The molecule has 0 aliphatic rings. The molecule has 1 aromatic rings. The predicted octanol–water partition coefficient (Wildman–Crippen LogP) is 0.562. The van der Waals surface area contributed by atoms with E-state index in [1.165, 1.54) is 15.8 Å². The lowest BCUT2D eigenvalue weighted by Crippen LogP contribution is -2.35. The highest BCUT2D eigenvalue weighted by Crippen LogP contribution is 2.17. The second kappa shape index (κ2) is 5.97. The molecule has 0 fully saturated rings. The van der Waals surface area contributed by atoms with Crippen molar-refractivity contribution in [1.82, 2.24) is 19.9 Å². The molecule has 0 spiro atoms. The normalized spacial score (nSPS) is 12.4. The van der Waals surface area contributed by atoms with Crippen LogP contribution in [0, 0.1) is 0 Å². The first-order valence-corrected chi connectivity index (χ1v) is 5.16. The van der Waals surface area contributed by atoms with Crippen LogP contribution in [0.3, 0.4) is 0 Å². The van der Waals surface area contributed by atoms with E-state index in [9.17, 15) is 13.2 Å². The van der Waals surface area contributed by atoms with Gasteiger partial charge in [-0.05, 0) is 6.42 Å². The van der Waals surface area contributed by atoms with Crippen molar-refractivity contribution in [3.8, 4) is 0 Å². The minimum Gasteiger partial charge on any atom is -0.396 e. The highest BCUT2D eigenvalue weighted by molar-refractivity contribution is 4.93. The third-order valence-electron chi connectivity index (χ3n) is 2.23. The maximum absolute atomic E-state index is 12.3. The van der Waals surface area contributed by atoms with Crippen LogP contribution in [0.1, 0.15) is 12.1 Å². The zero-order valence-corrected chi connectivity index (χ0v) is 9.48. The van der Waals surface area contributed by atoms with Gasteiger partial charge in [-0.15, -0.1) is 5.10 Å². The number of aryl methyl sites for hydroxylation is 1. The van der Waals surface area contributed by atoms with Gasteiger partial charge in [0.25, 0.3) is 0 Å². The average molecular weight is 252 g/mol. The molecule has 0 amide bonds. The Morgan fingerprint density at radius 2 is 2.18 bits per heavy atom. The smallest absolute Gasteiger partial charge is 0.396 e. The molecule has 0 radical (unpaired) electrons. The lowest BCUT2D eigenvalue weighted by atomic mass is 10.3. The number of aromatic nitrogens is 3. The molecular weight excluding hydrogens is 237 g/mol. The van der Waals surface area contributed by atoms with Crippen LogP contribution in [0.2, 0.25) is 0 Å². The van der Waals surface area contributed by atoms with Crippen molar-refractivity contribution in [2.24, 2.45) is 7.05 Å². The summed E-state index contributed by atoms with van der Waals surface area (Å²) in [5, 5.41) is 15.9. The monoisotopic (exact) mass is 252 g/mol. The van der Waals surface area contributed by atoms with Crippen LogP contribution in [0.15, 0.2) is 6.20 Å². The summed E-state index contributed by atoms with van der Waals surface area (Å²) in [5.74, 6) is 0. The maximum Gasteiger partial charge on any atom is 0.401 e. The van der Waals surface area contributed by atoms with Crippen LogP contribution in [-0.2, 0) is 13.6 Å². The minimum atomic E-state index is -4.25. The van der Waals surface area contributed by atoms with Gasteiger partial charge in [0, 0.05) is 26.7 Å². The van der Waals surface area contributed by atoms with Gasteiger partial charge in [0.15, 0.2) is 0 Å². The second-order valence-corrected chi connectivity index (χ2v) is 3.75. The van der Waals surface area contributed by atoms with E-state index in [2.05, 4.69) is 10.3 Å². The van der Waals surface area contributed by atoms with Gasteiger partial charge in [-0.1, -0.05) is 5.21 Å². The Morgan fingerprint density at radius 1 is 1.47 bits per heavy atom. The molecule has 0 saturated heterocycles. The van der Waals surface area contributed by atoms with Crippen LogP contribution >= 0.6 is 0 Å². The van der Waals surface area contributed by atoms with Gasteiger partial charge >= 0.3 is 6.18 Å². The summed E-state index contributed by atoms with van der Waals surface area (Å²) < 4.78 is 38.4. The summed E-state index contributed by atoms with van der Waals surface area (Å²) >= 11 is 0. The molecular formula is C9H15F3N4O. The number of hydrogen-bond acceptors (Lipinski definition) is 4. The summed E-state index contributed by atoms with van der Waals surface area (Å²) in [6.45, 7) is -0.833. The van der Waals surface area contributed by atoms with Gasteiger partial charge in [0.2, 0.25) is 0 Å².